The summed E-state index contributed by atoms with van der Waals surface area (Å²) in [6.07, 6.45) is 5.38. The second-order valence-corrected chi connectivity index (χ2v) is 12.6. The number of rotatable bonds is 6. The van der Waals surface area contributed by atoms with Gasteiger partial charge in [-0.05, 0) is 62.2 Å². The Morgan fingerprint density at radius 2 is 1.70 bits per heavy atom. The van der Waals surface area contributed by atoms with Gasteiger partial charge in [-0.3, -0.25) is 4.68 Å². The Hall–Kier alpha value is -4.15. The zero-order chi connectivity index (χ0) is 31.4. The van der Waals surface area contributed by atoms with Crippen molar-refractivity contribution < 1.29 is 30.5 Å². The van der Waals surface area contributed by atoms with Crippen LogP contribution in [0.1, 0.15) is 55.6 Å². The first-order chi connectivity index (χ1) is 21.7. The Morgan fingerprint density at radius 3 is 2.48 bits per heavy atom. The number of aryl methyl sites for hydroxylation is 2. The molecule has 0 fully saturated rings. The Bertz CT molecular complexity index is 2110. The van der Waals surface area contributed by atoms with Crippen molar-refractivity contribution in [2.45, 2.75) is 53.9 Å². The van der Waals surface area contributed by atoms with Crippen molar-refractivity contribution >= 4 is 21.8 Å². The molecular weight excluding hydrogens is 752 g/mol. The molecule has 3 aromatic carbocycles. The van der Waals surface area contributed by atoms with Crippen LogP contribution in [0.3, 0.4) is 0 Å². The van der Waals surface area contributed by atoms with Gasteiger partial charge in [-0.2, -0.15) is 16.7 Å². The predicted octanol–water partition coefficient (Wildman–Crippen LogP) is 9.39. The van der Waals surface area contributed by atoms with E-state index in [1.54, 1.807) is 13.3 Å². The third kappa shape index (κ3) is 5.58. The summed E-state index contributed by atoms with van der Waals surface area (Å²) < 4.78 is 16.1. The van der Waals surface area contributed by atoms with Gasteiger partial charge in [-0.15, -0.1) is 35.7 Å². The van der Waals surface area contributed by atoms with E-state index < -0.39 is 0 Å². The average molecular weight is 790 g/mol. The van der Waals surface area contributed by atoms with Crippen LogP contribution in [0.4, 0.5) is 0 Å². The van der Waals surface area contributed by atoms with Crippen LogP contribution in [0, 0.1) is 44.7 Å². The maximum absolute atomic E-state index is 6.48. The fraction of sp³-hybridized carbons (Fsp3) is 0.282. The number of nitrogens with zero attached hydrogens (tertiary/aromatic N) is 4. The Kier molecular flexibility index (Phi) is 8.69. The first-order valence-corrected chi connectivity index (χ1v) is 15.6. The second kappa shape index (κ2) is 12.6. The van der Waals surface area contributed by atoms with Crippen LogP contribution < -0.4 is 9.47 Å². The molecule has 3 aromatic heterocycles. The molecule has 6 nitrogen and oxygen atoms in total. The van der Waals surface area contributed by atoms with E-state index in [-0.39, 0.29) is 21.1 Å². The van der Waals surface area contributed by atoms with Crippen molar-refractivity contribution in [2.75, 3.05) is 7.11 Å². The molecule has 0 radical (unpaired) electrons. The zero-order valence-electron chi connectivity index (χ0n) is 27.3. The molecule has 6 aromatic rings. The molecule has 7 heteroatoms. The van der Waals surface area contributed by atoms with Gasteiger partial charge >= 0.3 is 21.1 Å². The Balaban J connectivity index is 0.00000372. The van der Waals surface area contributed by atoms with E-state index in [0.29, 0.717) is 29.3 Å². The van der Waals surface area contributed by atoms with E-state index in [1.807, 2.05) is 35.0 Å². The maximum Gasteiger partial charge on any atom is 2.00 e. The van der Waals surface area contributed by atoms with Crippen molar-refractivity contribution in [2.24, 2.45) is 11.8 Å². The van der Waals surface area contributed by atoms with Crippen LogP contribution in [0.5, 0.6) is 17.2 Å². The Labute approximate surface area is 285 Å². The quantitative estimate of drug-likeness (QED) is 0.125. The molecule has 1 unspecified atom stereocenters. The first-order valence-electron chi connectivity index (χ1n) is 15.6. The van der Waals surface area contributed by atoms with Crippen LogP contribution in [0.15, 0.2) is 78.5 Å². The van der Waals surface area contributed by atoms with E-state index >= 15 is 0 Å². The third-order valence-corrected chi connectivity index (χ3v) is 9.17. The molecule has 0 bridgehead atoms. The molecule has 1 aliphatic rings. The van der Waals surface area contributed by atoms with Crippen LogP contribution >= 0.6 is 0 Å². The molecule has 0 aliphatic heterocycles. The summed E-state index contributed by atoms with van der Waals surface area (Å²) in [5.41, 5.74) is 8.85. The van der Waals surface area contributed by atoms with Crippen LogP contribution in [0.2, 0.25) is 0 Å². The van der Waals surface area contributed by atoms with Gasteiger partial charge in [0, 0.05) is 46.5 Å². The maximum atomic E-state index is 6.48. The average Bonchev–Trinajstić information content (AvgIpc) is 3.49. The third-order valence-electron chi connectivity index (χ3n) is 9.17. The van der Waals surface area contributed by atoms with Gasteiger partial charge in [0.15, 0.2) is 0 Å². The number of hydrogen-bond donors (Lipinski definition) is 0. The zero-order valence-corrected chi connectivity index (χ0v) is 29.6. The van der Waals surface area contributed by atoms with Gasteiger partial charge in [0.1, 0.15) is 11.6 Å². The van der Waals surface area contributed by atoms with Gasteiger partial charge in [0.25, 0.3) is 0 Å². The predicted molar refractivity (Wildman–Crippen MR) is 180 cm³/mol. The van der Waals surface area contributed by atoms with Crippen molar-refractivity contribution in [1.29, 1.82) is 0 Å². The molecule has 0 spiro atoms. The fourth-order valence-electron chi connectivity index (χ4n) is 7.41. The number of hydrogen-bond acceptors (Lipinski definition) is 4. The molecular formula is C39H38N4O2Pt. The summed E-state index contributed by atoms with van der Waals surface area (Å²) in [7, 11) is 1.66. The normalized spacial score (nSPS) is 18.0. The van der Waals surface area contributed by atoms with Gasteiger partial charge in [0.2, 0.25) is 0 Å². The summed E-state index contributed by atoms with van der Waals surface area (Å²) in [4.78, 5) is 4.67. The van der Waals surface area contributed by atoms with E-state index in [9.17, 15) is 0 Å². The number of para-hydroxylation sites is 1. The molecule has 3 atom stereocenters. The van der Waals surface area contributed by atoms with E-state index in [0.717, 1.165) is 56.0 Å². The van der Waals surface area contributed by atoms with Crippen molar-refractivity contribution in [3.63, 3.8) is 0 Å². The van der Waals surface area contributed by atoms with E-state index in [1.165, 1.54) is 17.6 Å². The van der Waals surface area contributed by atoms with Gasteiger partial charge < -0.3 is 14.0 Å². The molecule has 236 valence electrons. The van der Waals surface area contributed by atoms with Crippen LogP contribution in [0.25, 0.3) is 33.3 Å². The topological polar surface area (TPSA) is 54.1 Å². The molecule has 7 rings (SSSR count). The smallest absolute Gasteiger partial charge is 0.509 e. The largest absolute Gasteiger partial charge is 2.00 e. The number of ether oxygens (including phenoxy) is 2. The first kappa shape index (κ1) is 31.8. The Morgan fingerprint density at radius 1 is 0.891 bits per heavy atom. The standard InChI is InChI=1S/C39H38N4O2.Pt/c1-23-16-25(3)38(26(4)17-23)39-27(5)41-43(28(39)6)29-18-24(2)19-32(20-29)45-31-12-13-34-33-10-8-9-11-35(33)42(36(34)21-31)37-22-30(44-7)14-15-40-37;/h8-16,18-19,22-23,26,38H,17H2,1-7H3;/q-2;+2/t23-,26-,38?;/m0./s1. The minimum absolute atomic E-state index is 0. The van der Waals surface area contributed by atoms with E-state index in [2.05, 4.69) is 99.6 Å². The number of pyridine rings is 1. The molecule has 0 saturated heterocycles. The minimum atomic E-state index is 0. The van der Waals surface area contributed by atoms with Gasteiger partial charge in [-0.1, -0.05) is 56.1 Å². The number of benzene rings is 3. The SMILES string of the molecule is COc1ccnc(-n2c3[c-]c(Oc4[c-]c(-n5nc(C)c(C6C(C)=C[C@H](C)C[C@@H]6C)c5C)cc(C)c4)ccc3c3ccccc32)c1.[Pt+2]. The number of aromatic nitrogens is 4. The van der Waals surface area contributed by atoms with Gasteiger partial charge in [-0.25, -0.2) is 4.98 Å². The summed E-state index contributed by atoms with van der Waals surface area (Å²) in [6.45, 7) is 13.3. The summed E-state index contributed by atoms with van der Waals surface area (Å²) in [5.74, 6) is 4.27. The molecule has 46 heavy (non-hydrogen) atoms. The monoisotopic (exact) mass is 789 g/mol. The molecule has 0 N–H and O–H groups in total. The van der Waals surface area contributed by atoms with Crippen molar-refractivity contribution in [3.8, 4) is 28.8 Å². The molecule has 3 heterocycles. The molecule has 1 aliphatic carbocycles. The van der Waals surface area contributed by atoms with Crippen LogP contribution in [-0.2, 0) is 21.1 Å². The summed E-state index contributed by atoms with van der Waals surface area (Å²) in [6, 6.07) is 27.3. The van der Waals surface area contributed by atoms with Crippen molar-refractivity contribution in [1.82, 2.24) is 19.3 Å². The minimum Gasteiger partial charge on any atom is -0.509 e. The molecule has 0 amide bonds. The number of allylic oxidation sites excluding steroid dienone is 2. The summed E-state index contributed by atoms with van der Waals surface area (Å²) in [5, 5.41) is 7.22. The summed E-state index contributed by atoms with van der Waals surface area (Å²) >= 11 is 0. The van der Waals surface area contributed by atoms with E-state index in [4.69, 9.17) is 14.6 Å². The number of methoxy groups -OCH3 is 1. The fourth-order valence-corrected chi connectivity index (χ4v) is 7.41. The second-order valence-electron chi connectivity index (χ2n) is 12.6. The van der Waals surface area contributed by atoms with Crippen molar-refractivity contribution in [3.05, 3.63) is 113 Å². The van der Waals surface area contributed by atoms with Gasteiger partial charge in [0.05, 0.1) is 12.8 Å². The molecule has 0 saturated carbocycles. The van der Waals surface area contributed by atoms with Crippen LogP contribution in [-0.4, -0.2) is 26.4 Å². The number of fused-ring (bicyclic) bond motifs is 3.